The second kappa shape index (κ2) is 2.59. The molecule has 0 bridgehead atoms. The zero-order valence-electron chi connectivity index (χ0n) is 7.07. The van der Waals surface area contributed by atoms with Crippen molar-refractivity contribution in [3.05, 3.63) is 0 Å². The van der Waals surface area contributed by atoms with Crippen LogP contribution in [-0.4, -0.2) is 36.9 Å². The minimum Gasteiger partial charge on any atom is -0.297 e. The first kappa shape index (κ1) is 9.24. The van der Waals surface area contributed by atoms with E-state index in [0.29, 0.717) is 13.1 Å². The standard InChI is InChI=1S/C8H11F4N/c9-6(10)1-13-4-7(5-13)2-8(11,12)3-7/h6H,1-5H2. The van der Waals surface area contributed by atoms with Gasteiger partial charge < -0.3 is 0 Å². The van der Waals surface area contributed by atoms with E-state index in [4.69, 9.17) is 0 Å². The predicted molar refractivity (Wildman–Crippen MR) is 39.1 cm³/mol. The maximum absolute atomic E-state index is 12.5. The number of likely N-dealkylation sites (tertiary alicyclic amines) is 1. The maximum Gasteiger partial charge on any atom is 0.251 e. The molecule has 5 heteroatoms. The van der Waals surface area contributed by atoms with E-state index in [0.717, 1.165) is 0 Å². The lowest BCUT2D eigenvalue weighted by atomic mass is 9.61. The van der Waals surface area contributed by atoms with Gasteiger partial charge in [-0.3, -0.25) is 4.90 Å². The minimum atomic E-state index is -2.53. The van der Waals surface area contributed by atoms with Crippen molar-refractivity contribution in [3.8, 4) is 0 Å². The fourth-order valence-corrected chi connectivity index (χ4v) is 2.50. The molecule has 0 aromatic rings. The Bertz CT molecular complexity index is 200. The number of nitrogens with zero attached hydrogens (tertiary/aromatic N) is 1. The summed E-state index contributed by atoms with van der Waals surface area (Å²) in [5, 5.41) is 0. The van der Waals surface area contributed by atoms with Gasteiger partial charge in [-0.05, 0) is 0 Å². The topological polar surface area (TPSA) is 3.24 Å². The Morgan fingerprint density at radius 1 is 1.15 bits per heavy atom. The Kier molecular flexibility index (Phi) is 1.84. The summed E-state index contributed by atoms with van der Waals surface area (Å²) in [5.41, 5.74) is -0.321. The molecule has 0 N–H and O–H groups in total. The molecule has 0 aromatic heterocycles. The van der Waals surface area contributed by atoms with Crippen molar-refractivity contribution < 1.29 is 17.6 Å². The van der Waals surface area contributed by atoms with Gasteiger partial charge >= 0.3 is 0 Å². The first-order valence-electron chi connectivity index (χ1n) is 4.29. The van der Waals surface area contributed by atoms with Crippen molar-refractivity contribution in [1.29, 1.82) is 0 Å². The normalized spacial score (nSPS) is 30.2. The first-order valence-corrected chi connectivity index (χ1v) is 4.29. The Hall–Kier alpha value is -0.320. The monoisotopic (exact) mass is 197 g/mol. The summed E-state index contributed by atoms with van der Waals surface area (Å²) in [6.45, 7) is 0.577. The Morgan fingerprint density at radius 2 is 1.69 bits per heavy atom. The Morgan fingerprint density at radius 3 is 2.08 bits per heavy atom. The summed E-state index contributed by atoms with van der Waals surface area (Å²) in [7, 11) is 0. The van der Waals surface area contributed by atoms with Crippen LogP contribution in [0.2, 0.25) is 0 Å². The van der Waals surface area contributed by atoms with Crippen LogP contribution in [0.25, 0.3) is 0 Å². The highest BCUT2D eigenvalue weighted by Crippen LogP contribution is 2.56. The molecule has 76 valence electrons. The molecule has 0 unspecified atom stereocenters. The smallest absolute Gasteiger partial charge is 0.251 e. The number of alkyl halides is 4. The molecule has 2 fully saturated rings. The molecule has 1 aliphatic heterocycles. The van der Waals surface area contributed by atoms with Gasteiger partial charge in [0.15, 0.2) is 0 Å². The molecule has 1 saturated heterocycles. The van der Waals surface area contributed by atoms with Gasteiger partial charge in [-0.25, -0.2) is 17.6 Å². The van der Waals surface area contributed by atoms with E-state index in [1.165, 1.54) is 0 Å². The molecule has 0 amide bonds. The summed E-state index contributed by atoms with van der Waals surface area (Å²) >= 11 is 0. The maximum atomic E-state index is 12.5. The van der Waals surface area contributed by atoms with Gasteiger partial charge in [-0.15, -0.1) is 0 Å². The van der Waals surface area contributed by atoms with Crippen LogP contribution in [0.5, 0.6) is 0 Å². The van der Waals surface area contributed by atoms with E-state index in [2.05, 4.69) is 0 Å². The van der Waals surface area contributed by atoms with Crippen molar-refractivity contribution in [1.82, 2.24) is 4.90 Å². The summed E-state index contributed by atoms with van der Waals surface area (Å²) in [6, 6.07) is 0. The summed E-state index contributed by atoms with van der Waals surface area (Å²) in [6.07, 6.45) is -2.57. The molecule has 0 aromatic carbocycles. The van der Waals surface area contributed by atoms with E-state index in [1.807, 2.05) is 0 Å². The lowest BCUT2D eigenvalue weighted by molar-refractivity contribution is -0.216. The molecule has 2 rings (SSSR count). The van der Waals surface area contributed by atoms with Crippen LogP contribution in [0.3, 0.4) is 0 Å². The fourth-order valence-electron chi connectivity index (χ4n) is 2.50. The lowest BCUT2D eigenvalue weighted by Gasteiger charge is -2.58. The quantitative estimate of drug-likeness (QED) is 0.612. The summed E-state index contributed by atoms with van der Waals surface area (Å²) in [5.74, 6) is -2.53. The molecule has 0 atom stereocenters. The fraction of sp³-hybridized carbons (Fsp3) is 1.00. The van der Waals surface area contributed by atoms with Crippen LogP contribution >= 0.6 is 0 Å². The van der Waals surface area contributed by atoms with Crippen LogP contribution in [0.1, 0.15) is 12.8 Å². The van der Waals surface area contributed by atoms with Gasteiger partial charge in [0.25, 0.3) is 6.43 Å². The Balaban J connectivity index is 1.74. The second-order valence-corrected chi connectivity index (χ2v) is 4.27. The molecule has 1 aliphatic carbocycles. The lowest BCUT2D eigenvalue weighted by Crippen LogP contribution is -2.66. The van der Waals surface area contributed by atoms with E-state index in [-0.39, 0.29) is 24.8 Å². The number of rotatable bonds is 2. The zero-order valence-corrected chi connectivity index (χ0v) is 7.07. The van der Waals surface area contributed by atoms with Crippen molar-refractivity contribution in [2.24, 2.45) is 5.41 Å². The van der Waals surface area contributed by atoms with E-state index >= 15 is 0 Å². The number of halogens is 4. The van der Waals surface area contributed by atoms with Crippen LogP contribution in [0, 0.1) is 5.41 Å². The van der Waals surface area contributed by atoms with Crippen LogP contribution in [0.4, 0.5) is 17.6 Å². The highest BCUT2D eigenvalue weighted by atomic mass is 19.3. The first-order chi connectivity index (χ1) is 5.91. The molecule has 1 spiro atoms. The Labute approximate surface area is 73.7 Å². The number of hydrogen-bond donors (Lipinski definition) is 0. The summed E-state index contributed by atoms with van der Waals surface area (Å²) in [4.78, 5) is 1.54. The number of hydrogen-bond acceptors (Lipinski definition) is 1. The average molecular weight is 197 g/mol. The van der Waals surface area contributed by atoms with Crippen LogP contribution in [0.15, 0.2) is 0 Å². The van der Waals surface area contributed by atoms with Gasteiger partial charge in [0, 0.05) is 31.3 Å². The van der Waals surface area contributed by atoms with E-state index in [9.17, 15) is 17.6 Å². The molecule has 13 heavy (non-hydrogen) atoms. The van der Waals surface area contributed by atoms with Gasteiger partial charge in [0.1, 0.15) is 0 Å². The minimum absolute atomic E-state index is 0.111. The van der Waals surface area contributed by atoms with Gasteiger partial charge in [0.2, 0.25) is 5.92 Å². The van der Waals surface area contributed by atoms with E-state index < -0.39 is 12.3 Å². The van der Waals surface area contributed by atoms with Gasteiger partial charge in [0.05, 0.1) is 6.54 Å². The average Bonchev–Trinajstić information content (AvgIpc) is 1.77. The molecular formula is C8H11F4N. The largest absolute Gasteiger partial charge is 0.297 e. The highest BCUT2D eigenvalue weighted by Gasteiger charge is 2.61. The predicted octanol–water partition coefficient (Wildman–Crippen LogP) is 1.98. The highest BCUT2D eigenvalue weighted by molar-refractivity contribution is 5.07. The molecule has 1 nitrogen and oxygen atoms in total. The zero-order chi connectivity index (χ0) is 9.69. The SMILES string of the molecule is FC(F)CN1CC2(C1)CC(F)(F)C2. The molecular weight excluding hydrogens is 186 g/mol. The molecule has 1 heterocycles. The third-order valence-electron chi connectivity index (χ3n) is 2.78. The summed E-state index contributed by atoms with van der Waals surface area (Å²) < 4.78 is 48.6. The third kappa shape index (κ3) is 1.66. The van der Waals surface area contributed by atoms with Crippen LogP contribution < -0.4 is 0 Å². The second-order valence-electron chi connectivity index (χ2n) is 4.27. The van der Waals surface area contributed by atoms with Crippen molar-refractivity contribution in [2.75, 3.05) is 19.6 Å². The van der Waals surface area contributed by atoms with Crippen molar-refractivity contribution in [3.63, 3.8) is 0 Å². The molecule has 1 saturated carbocycles. The van der Waals surface area contributed by atoms with Gasteiger partial charge in [-0.1, -0.05) is 0 Å². The van der Waals surface area contributed by atoms with E-state index in [1.54, 1.807) is 4.90 Å². The molecule has 2 aliphatic rings. The van der Waals surface area contributed by atoms with Crippen LogP contribution in [-0.2, 0) is 0 Å². The third-order valence-corrected chi connectivity index (χ3v) is 2.78. The van der Waals surface area contributed by atoms with Crippen molar-refractivity contribution >= 4 is 0 Å². The van der Waals surface area contributed by atoms with Crippen molar-refractivity contribution in [2.45, 2.75) is 25.2 Å². The van der Waals surface area contributed by atoms with Gasteiger partial charge in [-0.2, -0.15) is 0 Å². The molecule has 0 radical (unpaired) electrons.